The van der Waals surface area contributed by atoms with E-state index in [4.69, 9.17) is 0 Å². The molecule has 0 aliphatic carbocycles. The van der Waals surface area contributed by atoms with Crippen molar-refractivity contribution in [1.82, 2.24) is 14.8 Å². The van der Waals surface area contributed by atoms with Crippen molar-refractivity contribution in [2.24, 2.45) is 0 Å². The fourth-order valence-corrected chi connectivity index (χ4v) is 2.74. The Morgan fingerprint density at radius 1 is 1.24 bits per heavy atom. The highest BCUT2D eigenvalue weighted by Crippen LogP contribution is 2.33. The molecule has 1 unspecified atom stereocenters. The zero-order valence-corrected chi connectivity index (χ0v) is 10.3. The molecule has 3 nitrogen and oxygen atoms in total. The van der Waals surface area contributed by atoms with E-state index < -0.39 is 0 Å². The van der Waals surface area contributed by atoms with Crippen LogP contribution in [0.2, 0.25) is 0 Å². The Kier molecular flexibility index (Phi) is 2.46. The number of rotatable bonds is 1. The van der Waals surface area contributed by atoms with Crippen LogP contribution in [0.4, 0.5) is 0 Å². The molecule has 0 spiro atoms. The number of hydrogen-bond donors (Lipinski definition) is 0. The standard InChI is InChI=1S/C14H17N3/c1-10-6-3-4-7-12(10)13-8-5-9-17-14(13)15-11(2)16-17/h3-4,6-7,13H,5,8-9H2,1-2H3. The lowest BCUT2D eigenvalue weighted by molar-refractivity contribution is 0.444. The first-order chi connectivity index (χ1) is 8.25. The molecule has 1 atom stereocenters. The molecular formula is C14H17N3. The highest BCUT2D eigenvalue weighted by molar-refractivity contribution is 5.33. The number of aromatic nitrogens is 3. The summed E-state index contributed by atoms with van der Waals surface area (Å²) in [5.74, 6) is 2.45. The molecule has 3 rings (SSSR count). The smallest absolute Gasteiger partial charge is 0.147 e. The van der Waals surface area contributed by atoms with Crippen molar-refractivity contribution in [1.29, 1.82) is 0 Å². The fraction of sp³-hybridized carbons (Fsp3) is 0.429. The third-order valence-corrected chi connectivity index (χ3v) is 3.54. The topological polar surface area (TPSA) is 30.7 Å². The first kappa shape index (κ1) is 10.5. The molecule has 2 aromatic rings. The summed E-state index contributed by atoms with van der Waals surface area (Å²) in [7, 11) is 0. The summed E-state index contributed by atoms with van der Waals surface area (Å²) in [6.45, 7) is 5.16. The SMILES string of the molecule is Cc1nc2n(n1)CCCC2c1ccccc1C. The maximum Gasteiger partial charge on any atom is 0.147 e. The molecule has 1 aliphatic heterocycles. The van der Waals surface area contributed by atoms with Crippen LogP contribution in [0.5, 0.6) is 0 Å². The molecule has 17 heavy (non-hydrogen) atoms. The van der Waals surface area contributed by atoms with E-state index in [1.54, 1.807) is 0 Å². The molecule has 0 fully saturated rings. The fourth-order valence-electron chi connectivity index (χ4n) is 2.74. The minimum atomic E-state index is 0.422. The summed E-state index contributed by atoms with van der Waals surface area (Å²) in [6.07, 6.45) is 2.37. The number of benzene rings is 1. The minimum Gasteiger partial charge on any atom is -0.249 e. The van der Waals surface area contributed by atoms with E-state index in [9.17, 15) is 0 Å². The summed E-state index contributed by atoms with van der Waals surface area (Å²) < 4.78 is 2.08. The first-order valence-corrected chi connectivity index (χ1v) is 6.22. The molecular weight excluding hydrogens is 210 g/mol. The van der Waals surface area contributed by atoms with Crippen LogP contribution >= 0.6 is 0 Å². The first-order valence-electron chi connectivity index (χ1n) is 6.22. The quantitative estimate of drug-likeness (QED) is 0.750. The lowest BCUT2D eigenvalue weighted by Crippen LogP contribution is -2.18. The maximum atomic E-state index is 4.60. The highest BCUT2D eigenvalue weighted by Gasteiger charge is 2.25. The molecule has 0 N–H and O–H groups in total. The van der Waals surface area contributed by atoms with E-state index >= 15 is 0 Å². The van der Waals surface area contributed by atoms with E-state index in [0.29, 0.717) is 5.92 Å². The van der Waals surface area contributed by atoms with Gasteiger partial charge >= 0.3 is 0 Å². The Morgan fingerprint density at radius 2 is 2.06 bits per heavy atom. The van der Waals surface area contributed by atoms with Crippen molar-refractivity contribution in [3.8, 4) is 0 Å². The molecule has 0 amide bonds. The minimum absolute atomic E-state index is 0.422. The van der Waals surface area contributed by atoms with Crippen molar-refractivity contribution in [2.75, 3.05) is 0 Å². The molecule has 0 radical (unpaired) electrons. The molecule has 0 saturated carbocycles. The maximum absolute atomic E-state index is 4.60. The Hall–Kier alpha value is -1.64. The van der Waals surface area contributed by atoms with Crippen molar-refractivity contribution >= 4 is 0 Å². The molecule has 0 bridgehead atoms. The summed E-state index contributed by atoms with van der Waals surface area (Å²) in [5.41, 5.74) is 2.76. The van der Waals surface area contributed by atoms with Crippen LogP contribution in [0.15, 0.2) is 24.3 Å². The van der Waals surface area contributed by atoms with E-state index in [2.05, 4.69) is 46.0 Å². The molecule has 88 valence electrons. The van der Waals surface area contributed by atoms with Crippen molar-refractivity contribution in [3.05, 3.63) is 47.0 Å². The van der Waals surface area contributed by atoms with Crippen LogP contribution in [-0.4, -0.2) is 14.8 Å². The second kappa shape index (κ2) is 3.99. The average molecular weight is 227 g/mol. The predicted molar refractivity (Wildman–Crippen MR) is 67.0 cm³/mol. The monoisotopic (exact) mass is 227 g/mol. The number of aryl methyl sites for hydroxylation is 3. The van der Waals surface area contributed by atoms with Crippen LogP contribution in [-0.2, 0) is 6.54 Å². The number of fused-ring (bicyclic) bond motifs is 1. The van der Waals surface area contributed by atoms with E-state index in [0.717, 1.165) is 18.2 Å². The van der Waals surface area contributed by atoms with Gasteiger partial charge in [0.1, 0.15) is 11.6 Å². The molecule has 2 heterocycles. The van der Waals surface area contributed by atoms with Gasteiger partial charge in [-0.15, -0.1) is 0 Å². The van der Waals surface area contributed by atoms with Gasteiger partial charge in [0.05, 0.1) is 0 Å². The van der Waals surface area contributed by atoms with Crippen LogP contribution < -0.4 is 0 Å². The zero-order valence-electron chi connectivity index (χ0n) is 10.3. The number of hydrogen-bond acceptors (Lipinski definition) is 2. The predicted octanol–water partition coefficient (Wildman–Crippen LogP) is 2.82. The van der Waals surface area contributed by atoms with Gasteiger partial charge < -0.3 is 0 Å². The van der Waals surface area contributed by atoms with Crippen LogP contribution in [0.1, 0.15) is 41.5 Å². The molecule has 1 aromatic heterocycles. The second-order valence-corrected chi connectivity index (χ2v) is 4.79. The van der Waals surface area contributed by atoms with Gasteiger partial charge in [-0.3, -0.25) is 0 Å². The summed E-state index contributed by atoms with van der Waals surface area (Å²) >= 11 is 0. The van der Waals surface area contributed by atoms with Gasteiger partial charge in [-0.2, -0.15) is 5.10 Å². The zero-order chi connectivity index (χ0) is 11.8. The van der Waals surface area contributed by atoms with Crippen molar-refractivity contribution in [2.45, 2.75) is 39.2 Å². The van der Waals surface area contributed by atoms with Crippen LogP contribution in [0.25, 0.3) is 0 Å². The Labute approximate surface area is 101 Å². The van der Waals surface area contributed by atoms with E-state index in [1.807, 2.05) is 6.92 Å². The Bertz CT molecular complexity index is 542. The van der Waals surface area contributed by atoms with Gasteiger partial charge in [-0.05, 0) is 37.8 Å². The van der Waals surface area contributed by atoms with Gasteiger partial charge in [0.2, 0.25) is 0 Å². The van der Waals surface area contributed by atoms with Crippen molar-refractivity contribution < 1.29 is 0 Å². The Morgan fingerprint density at radius 3 is 2.88 bits per heavy atom. The van der Waals surface area contributed by atoms with Gasteiger partial charge in [0.25, 0.3) is 0 Å². The third kappa shape index (κ3) is 1.75. The van der Waals surface area contributed by atoms with E-state index in [-0.39, 0.29) is 0 Å². The van der Waals surface area contributed by atoms with E-state index in [1.165, 1.54) is 24.0 Å². The molecule has 3 heteroatoms. The molecule has 0 saturated heterocycles. The van der Waals surface area contributed by atoms with Crippen LogP contribution in [0.3, 0.4) is 0 Å². The van der Waals surface area contributed by atoms with Gasteiger partial charge in [-0.25, -0.2) is 9.67 Å². The van der Waals surface area contributed by atoms with Gasteiger partial charge in [0, 0.05) is 12.5 Å². The summed E-state index contributed by atoms with van der Waals surface area (Å²) in [6, 6.07) is 8.61. The van der Waals surface area contributed by atoms with Crippen LogP contribution in [0, 0.1) is 13.8 Å². The number of nitrogens with zero attached hydrogens (tertiary/aromatic N) is 3. The highest BCUT2D eigenvalue weighted by atomic mass is 15.3. The average Bonchev–Trinajstić information content (AvgIpc) is 2.70. The third-order valence-electron chi connectivity index (χ3n) is 3.54. The molecule has 1 aliphatic rings. The van der Waals surface area contributed by atoms with Gasteiger partial charge in [0.15, 0.2) is 0 Å². The Balaban J connectivity index is 2.09. The second-order valence-electron chi connectivity index (χ2n) is 4.79. The summed E-state index contributed by atoms with van der Waals surface area (Å²) in [5, 5.41) is 4.46. The lowest BCUT2D eigenvalue weighted by atomic mass is 9.88. The lowest BCUT2D eigenvalue weighted by Gasteiger charge is -2.23. The largest absolute Gasteiger partial charge is 0.249 e. The van der Waals surface area contributed by atoms with Gasteiger partial charge in [-0.1, -0.05) is 24.3 Å². The molecule has 1 aromatic carbocycles. The normalized spacial score (nSPS) is 19.1. The summed E-state index contributed by atoms with van der Waals surface area (Å²) in [4.78, 5) is 4.60. The van der Waals surface area contributed by atoms with Crippen molar-refractivity contribution in [3.63, 3.8) is 0 Å².